The maximum absolute atomic E-state index is 12.7. The van der Waals surface area contributed by atoms with Crippen molar-refractivity contribution in [1.82, 2.24) is 0 Å². The molecule has 0 amide bonds. The van der Waals surface area contributed by atoms with Crippen LogP contribution in [0.25, 0.3) is 6.08 Å². The van der Waals surface area contributed by atoms with Gasteiger partial charge in [0.1, 0.15) is 18.5 Å². The van der Waals surface area contributed by atoms with Gasteiger partial charge in [-0.25, -0.2) is 4.79 Å². The third kappa shape index (κ3) is 7.43. The summed E-state index contributed by atoms with van der Waals surface area (Å²) < 4.78 is 15.7. The van der Waals surface area contributed by atoms with Crippen LogP contribution in [0.5, 0.6) is 5.75 Å². The molecule has 1 aromatic rings. The predicted octanol–water partition coefficient (Wildman–Crippen LogP) is 5.96. The Bertz CT molecular complexity index is 794. The number of rotatable bonds is 9. The van der Waals surface area contributed by atoms with Crippen LogP contribution in [0.4, 0.5) is 0 Å². The van der Waals surface area contributed by atoms with Crippen molar-refractivity contribution in [3.05, 3.63) is 35.9 Å². The van der Waals surface area contributed by atoms with Crippen molar-refractivity contribution >= 4 is 18.0 Å². The molecule has 4 rings (SSSR count). The number of benzene rings is 1. The highest BCUT2D eigenvalue weighted by Gasteiger charge is 2.33. The summed E-state index contributed by atoms with van der Waals surface area (Å²) in [6.07, 6.45) is 15.7. The maximum atomic E-state index is 12.7. The molecule has 5 nitrogen and oxygen atoms in total. The monoisotopic (exact) mass is 454 g/mol. The Labute approximate surface area is 197 Å². The highest BCUT2D eigenvalue weighted by atomic mass is 16.6. The Morgan fingerprint density at radius 3 is 2.21 bits per heavy atom. The zero-order valence-electron chi connectivity index (χ0n) is 19.9. The van der Waals surface area contributed by atoms with Crippen LogP contribution in [0.1, 0.15) is 76.7 Å². The number of esters is 2. The molecule has 3 fully saturated rings. The molecule has 1 saturated heterocycles. The first-order valence-electron chi connectivity index (χ1n) is 12.9. The van der Waals surface area contributed by atoms with Gasteiger partial charge in [-0.05, 0) is 80.1 Å². The Kier molecular flexibility index (Phi) is 8.60. The van der Waals surface area contributed by atoms with Crippen LogP contribution in [-0.2, 0) is 19.1 Å². The number of carbonyl (C=O) groups is 2. The van der Waals surface area contributed by atoms with E-state index in [1.807, 2.05) is 12.1 Å². The number of hydrogen-bond donors (Lipinski definition) is 0. The quantitative estimate of drug-likeness (QED) is 0.199. The molecular weight excluding hydrogens is 416 g/mol. The summed E-state index contributed by atoms with van der Waals surface area (Å²) in [4.78, 5) is 24.4. The summed E-state index contributed by atoms with van der Waals surface area (Å²) in [5, 5.41) is 0. The van der Waals surface area contributed by atoms with Crippen LogP contribution in [0, 0.1) is 23.7 Å². The van der Waals surface area contributed by atoms with E-state index in [4.69, 9.17) is 14.2 Å². The lowest BCUT2D eigenvalue weighted by molar-refractivity contribution is -0.140. The fourth-order valence-corrected chi connectivity index (χ4v) is 5.58. The van der Waals surface area contributed by atoms with Crippen molar-refractivity contribution in [2.45, 2.75) is 77.2 Å². The number of hydrogen-bond acceptors (Lipinski definition) is 5. The molecular formula is C28H38O5. The Morgan fingerprint density at radius 1 is 0.970 bits per heavy atom. The molecule has 1 unspecified atom stereocenters. The lowest BCUT2D eigenvalue weighted by Gasteiger charge is -2.37. The lowest BCUT2D eigenvalue weighted by Crippen LogP contribution is -2.30. The molecule has 1 aliphatic heterocycles. The van der Waals surface area contributed by atoms with Crippen molar-refractivity contribution < 1.29 is 23.8 Å². The Balaban J connectivity index is 1.17. The predicted molar refractivity (Wildman–Crippen MR) is 128 cm³/mol. The molecule has 0 aromatic heterocycles. The highest BCUT2D eigenvalue weighted by Crippen LogP contribution is 2.42. The van der Waals surface area contributed by atoms with Gasteiger partial charge in [-0.3, -0.25) is 4.79 Å². The van der Waals surface area contributed by atoms with Crippen LogP contribution in [0.15, 0.2) is 30.3 Å². The zero-order chi connectivity index (χ0) is 23.0. The van der Waals surface area contributed by atoms with E-state index in [2.05, 4.69) is 6.92 Å². The molecule has 1 heterocycles. The van der Waals surface area contributed by atoms with E-state index in [-0.39, 0.29) is 24.0 Å². The molecule has 0 spiro atoms. The van der Waals surface area contributed by atoms with E-state index >= 15 is 0 Å². The van der Waals surface area contributed by atoms with E-state index in [9.17, 15) is 9.59 Å². The average molecular weight is 455 g/mol. The van der Waals surface area contributed by atoms with Crippen LogP contribution in [0.3, 0.4) is 0 Å². The SMILES string of the molecule is CCCC1CCC(C2CCC(C(=O)Oc3ccc(C=CC(=O)OCC4CO4)cc3)CC2)CC1. The fourth-order valence-electron chi connectivity index (χ4n) is 5.58. The van der Waals surface area contributed by atoms with Gasteiger partial charge >= 0.3 is 11.9 Å². The summed E-state index contributed by atoms with van der Waals surface area (Å²) in [7, 11) is 0. The highest BCUT2D eigenvalue weighted by molar-refractivity contribution is 5.87. The minimum Gasteiger partial charge on any atom is -0.460 e. The zero-order valence-corrected chi connectivity index (χ0v) is 19.9. The maximum Gasteiger partial charge on any atom is 0.330 e. The lowest BCUT2D eigenvalue weighted by atomic mass is 9.69. The Hall–Kier alpha value is -2.14. The van der Waals surface area contributed by atoms with Crippen molar-refractivity contribution in [3.8, 4) is 5.75 Å². The van der Waals surface area contributed by atoms with Gasteiger partial charge in [0.15, 0.2) is 0 Å². The molecule has 0 N–H and O–H groups in total. The van der Waals surface area contributed by atoms with Gasteiger partial charge in [0.2, 0.25) is 0 Å². The molecule has 5 heteroatoms. The minimum absolute atomic E-state index is 0.0162. The second kappa shape index (κ2) is 11.8. The largest absolute Gasteiger partial charge is 0.460 e. The second-order valence-corrected chi connectivity index (χ2v) is 10.1. The van der Waals surface area contributed by atoms with E-state index < -0.39 is 0 Å². The summed E-state index contributed by atoms with van der Waals surface area (Å²) >= 11 is 0. The average Bonchev–Trinajstić information content (AvgIpc) is 3.68. The standard InChI is InChI=1S/C28H38O5/c1-2-3-20-4-9-22(10-5-20)23-11-13-24(14-12-23)28(30)33-25-15-6-21(7-16-25)8-17-27(29)32-19-26-18-31-26/h6-8,15-17,20,22-24,26H,2-5,9-14,18-19H2,1H3. The first-order valence-corrected chi connectivity index (χ1v) is 12.9. The summed E-state index contributed by atoms with van der Waals surface area (Å²) in [6.45, 7) is 3.27. The topological polar surface area (TPSA) is 65.1 Å². The van der Waals surface area contributed by atoms with Gasteiger partial charge in [0.05, 0.1) is 12.5 Å². The van der Waals surface area contributed by atoms with E-state index in [0.717, 1.165) is 49.0 Å². The summed E-state index contributed by atoms with van der Waals surface area (Å²) in [6, 6.07) is 7.23. The van der Waals surface area contributed by atoms with Gasteiger partial charge in [0.25, 0.3) is 0 Å². The van der Waals surface area contributed by atoms with Gasteiger partial charge < -0.3 is 14.2 Å². The van der Waals surface area contributed by atoms with Crippen molar-refractivity contribution in [3.63, 3.8) is 0 Å². The van der Waals surface area contributed by atoms with Crippen LogP contribution >= 0.6 is 0 Å². The summed E-state index contributed by atoms with van der Waals surface area (Å²) in [5.74, 6) is 2.71. The smallest absolute Gasteiger partial charge is 0.330 e. The van der Waals surface area contributed by atoms with E-state index in [0.29, 0.717) is 19.0 Å². The van der Waals surface area contributed by atoms with Crippen LogP contribution < -0.4 is 4.74 Å². The molecule has 33 heavy (non-hydrogen) atoms. The third-order valence-electron chi connectivity index (χ3n) is 7.68. The minimum atomic E-state index is -0.384. The molecule has 1 aromatic carbocycles. The van der Waals surface area contributed by atoms with E-state index in [1.165, 1.54) is 44.6 Å². The van der Waals surface area contributed by atoms with Crippen molar-refractivity contribution in [1.29, 1.82) is 0 Å². The van der Waals surface area contributed by atoms with Gasteiger partial charge in [-0.15, -0.1) is 0 Å². The molecule has 0 radical (unpaired) electrons. The molecule has 3 aliphatic rings. The van der Waals surface area contributed by atoms with Crippen LogP contribution in [-0.4, -0.2) is 31.3 Å². The normalized spacial score (nSPS) is 29.5. The van der Waals surface area contributed by atoms with Crippen LogP contribution in [0.2, 0.25) is 0 Å². The first-order chi connectivity index (χ1) is 16.1. The number of carbonyl (C=O) groups excluding carboxylic acids is 2. The van der Waals surface area contributed by atoms with Crippen molar-refractivity contribution in [2.24, 2.45) is 23.7 Å². The first kappa shape index (κ1) is 24.0. The Morgan fingerprint density at radius 2 is 1.61 bits per heavy atom. The van der Waals surface area contributed by atoms with Gasteiger partial charge in [-0.2, -0.15) is 0 Å². The van der Waals surface area contributed by atoms with E-state index in [1.54, 1.807) is 18.2 Å². The molecule has 1 atom stereocenters. The number of epoxide rings is 1. The molecule has 2 aliphatic carbocycles. The van der Waals surface area contributed by atoms with Crippen molar-refractivity contribution in [2.75, 3.05) is 13.2 Å². The third-order valence-corrected chi connectivity index (χ3v) is 7.68. The summed E-state index contributed by atoms with van der Waals surface area (Å²) in [5.41, 5.74) is 0.851. The second-order valence-electron chi connectivity index (χ2n) is 10.1. The fraction of sp³-hybridized carbons (Fsp3) is 0.643. The van der Waals surface area contributed by atoms with Gasteiger partial charge in [0, 0.05) is 6.08 Å². The molecule has 180 valence electrons. The number of ether oxygens (including phenoxy) is 3. The van der Waals surface area contributed by atoms with Gasteiger partial charge in [-0.1, -0.05) is 44.7 Å². The molecule has 2 saturated carbocycles. The molecule has 0 bridgehead atoms.